The third-order valence-corrected chi connectivity index (χ3v) is 5.55. The molecule has 1 aromatic heterocycles. The molecule has 0 bridgehead atoms. The van der Waals surface area contributed by atoms with Crippen LogP contribution in [0.3, 0.4) is 0 Å². The number of ether oxygens (including phenoxy) is 1. The van der Waals surface area contributed by atoms with E-state index >= 15 is 0 Å². The number of carbonyl (C=O) groups is 2. The maximum absolute atomic E-state index is 12.7. The lowest BCUT2D eigenvalue weighted by Gasteiger charge is -2.35. The van der Waals surface area contributed by atoms with E-state index < -0.39 is 0 Å². The second-order valence-corrected chi connectivity index (χ2v) is 6.94. The van der Waals surface area contributed by atoms with Gasteiger partial charge in [-0.1, -0.05) is 19.1 Å². The van der Waals surface area contributed by atoms with Gasteiger partial charge in [0.1, 0.15) is 5.75 Å². The highest BCUT2D eigenvalue weighted by Crippen LogP contribution is 2.35. The number of para-hydroxylation sites is 1. The van der Waals surface area contributed by atoms with Crippen LogP contribution >= 0.6 is 11.3 Å². The van der Waals surface area contributed by atoms with Gasteiger partial charge in [-0.05, 0) is 42.0 Å². The van der Waals surface area contributed by atoms with Crippen molar-refractivity contribution in [1.29, 1.82) is 0 Å². The Balaban J connectivity index is 1.66. The molecule has 0 fully saturated rings. The van der Waals surface area contributed by atoms with Gasteiger partial charge < -0.3 is 15.0 Å². The Morgan fingerprint density at radius 1 is 1.32 bits per heavy atom. The summed E-state index contributed by atoms with van der Waals surface area (Å²) in [4.78, 5) is 28.3. The predicted octanol–water partition coefficient (Wildman–Crippen LogP) is 3.02. The highest BCUT2D eigenvalue weighted by atomic mass is 32.1. The fourth-order valence-corrected chi connectivity index (χ4v) is 4.25. The number of carbonyl (C=O) groups excluding carboxylic acids is 2. The van der Waals surface area contributed by atoms with Crippen LogP contribution in [-0.4, -0.2) is 36.9 Å². The average molecular weight is 358 g/mol. The zero-order valence-corrected chi connectivity index (χ0v) is 15.3. The Morgan fingerprint density at radius 2 is 2.12 bits per heavy atom. The molecule has 2 heterocycles. The topological polar surface area (TPSA) is 58.6 Å². The van der Waals surface area contributed by atoms with Crippen molar-refractivity contribution in [2.75, 3.05) is 20.2 Å². The van der Waals surface area contributed by atoms with Crippen molar-refractivity contribution in [3.63, 3.8) is 0 Å². The number of fused-ring (bicyclic) bond motifs is 1. The van der Waals surface area contributed by atoms with E-state index in [-0.39, 0.29) is 24.4 Å². The molecule has 2 aromatic rings. The third-order valence-electron chi connectivity index (χ3n) is 4.55. The van der Waals surface area contributed by atoms with Crippen molar-refractivity contribution in [2.24, 2.45) is 0 Å². The molecule has 1 aliphatic heterocycles. The van der Waals surface area contributed by atoms with Crippen LogP contribution in [0.5, 0.6) is 5.75 Å². The van der Waals surface area contributed by atoms with Crippen LogP contribution in [0.15, 0.2) is 35.7 Å². The average Bonchev–Trinajstić information content (AvgIpc) is 3.13. The Morgan fingerprint density at radius 3 is 2.88 bits per heavy atom. The van der Waals surface area contributed by atoms with E-state index in [0.29, 0.717) is 17.9 Å². The molecule has 0 aliphatic carbocycles. The molecule has 1 unspecified atom stereocenters. The molecular weight excluding hydrogens is 336 g/mol. The number of nitrogens with one attached hydrogen (secondary N) is 1. The first-order valence-electron chi connectivity index (χ1n) is 8.42. The van der Waals surface area contributed by atoms with Crippen molar-refractivity contribution < 1.29 is 14.3 Å². The van der Waals surface area contributed by atoms with E-state index in [4.69, 9.17) is 4.74 Å². The second kappa shape index (κ2) is 7.70. The molecular formula is C19H22N2O3S. The van der Waals surface area contributed by atoms with Gasteiger partial charge in [0.05, 0.1) is 25.3 Å². The van der Waals surface area contributed by atoms with E-state index in [1.165, 1.54) is 17.6 Å². The highest BCUT2D eigenvalue weighted by molar-refractivity contribution is 7.10. The van der Waals surface area contributed by atoms with Crippen LogP contribution in [0.1, 0.15) is 40.2 Å². The van der Waals surface area contributed by atoms with E-state index in [0.717, 1.165) is 12.8 Å². The predicted molar refractivity (Wildman–Crippen MR) is 98.1 cm³/mol. The van der Waals surface area contributed by atoms with Gasteiger partial charge in [0, 0.05) is 11.4 Å². The smallest absolute Gasteiger partial charge is 0.255 e. The fourth-order valence-electron chi connectivity index (χ4n) is 3.32. The first kappa shape index (κ1) is 17.5. The monoisotopic (exact) mass is 358 g/mol. The van der Waals surface area contributed by atoms with Crippen molar-refractivity contribution in [3.8, 4) is 5.75 Å². The summed E-state index contributed by atoms with van der Waals surface area (Å²) < 4.78 is 5.20. The number of rotatable bonds is 5. The van der Waals surface area contributed by atoms with Gasteiger partial charge >= 0.3 is 0 Å². The second-order valence-electron chi connectivity index (χ2n) is 5.94. The zero-order chi connectivity index (χ0) is 17.8. The third kappa shape index (κ3) is 3.54. The first-order chi connectivity index (χ1) is 12.2. The standard InChI is InChI=1S/C19H22N2O3S/c1-3-15-13-9-11-25-17(13)8-10-21(15)18(22)12-20-19(23)14-6-4-5-7-16(14)24-2/h4-7,9,11,15H,3,8,10,12H2,1-2H3,(H,20,23). The summed E-state index contributed by atoms with van der Waals surface area (Å²) >= 11 is 1.76. The summed E-state index contributed by atoms with van der Waals surface area (Å²) in [6.45, 7) is 2.79. The quantitative estimate of drug-likeness (QED) is 0.894. The maximum atomic E-state index is 12.7. The minimum absolute atomic E-state index is 0.00709. The molecule has 0 saturated heterocycles. The number of hydrogen-bond acceptors (Lipinski definition) is 4. The van der Waals surface area contributed by atoms with Gasteiger partial charge in [0.15, 0.2) is 0 Å². The molecule has 0 radical (unpaired) electrons. The molecule has 25 heavy (non-hydrogen) atoms. The maximum Gasteiger partial charge on any atom is 0.255 e. The van der Waals surface area contributed by atoms with Gasteiger partial charge in [-0.3, -0.25) is 9.59 Å². The van der Waals surface area contributed by atoms with Crippen molar-refractivity contribution in [3.05, 3.63) is 51.7 Å². The molecule has 132 valence electrons. The Bertz CT molecular complexity index is 772. The van der Waals surface area contributed by atoms with E-state index in [9.17, 15) is 9.59 Å². The van der Waals surface area contributed by atoms with Gasteiger partial charge in [0.25, 0.3) is 5.91 Å². The number of benzene rings is 1. The molecule has 5 nitrogen and oxygen atoms in total. The number of methoxy groups -OCH3 is 1. The lowest BCUT2D eigenvalue weighted by Crippen LogP contribution is -2.44. The minimum atomic E-state index is -0.299. The summed E-state index contributed by atoms with van der Waals surface area (Å²) in [7, 11) is 1.52. The van der Waals surface area contributed by atoms with Crippen LogP contribution < -0.4 is 10.1 Å². The van der Waals surface area contributed by atoms with E-state index in [1.54, 1.807) is 35.6 Å². The molecule has 6 heteroatoms. The highest BCUT2D eigenvalue weighted by Gasteiger charge is 2.30. The molecule has 0 spiro atoms. The van der Waals surface area contributed by atoms with Gasteiger partial charge in [-0.25, -0.2) is 0 Å². The number of thiophene rings is 1. The lowest BCUT2D eigenvalue weighted by molar-refractivity contribution is -0.133. The Hall–Kier alpha value is -2.34. The molecule has 1 aromatic carbocycles. The zero-order valence-electron chi connectivity index (χ0n) is 14.5. The van der Waals surface area contributed by atoms with Crippen molar-refractivity contribution >= 4 is 23.2 Å². The van der Waals surface area contributed by atoms with Crippen LogP contribution in [0.25, 0.3) is 0 Å². The molecule has 2 amide bonds. The van der Waals surface area contributed by atoms with Crippen molar-refractivity contribution in [2.45, 2.75) is 25.8 Å². The number of nitrogens with zero attached hydrogens (tertiary/aromatic N) is 1. The van der Waals surface area contributed by atoms with Gasteiger partial charge in [-0.2, -0.15) is 0 Å². The van der Waals surface area contributed by atoms with E-state index in [1.807, 2.05) is 4.90 Å². The molecule has 3 rings (SSSR count). The summed E-state index contributed by atoms with van der Waals surface area (Å²) in [5.41, 5.74) is 1.69. The normalized spacial score (nSPS) is 16.2. The van der Waals surface area contributed by atoms with Crippen LogP contribution in [0.2, 0.25) is 0 Å². The van der Waals surface area contributed by atoms with Gasteiger partial charge in [0.2, 0.25) is 5.91 Å². The molecule has 1 N–H and O–H groups in total. The fraction of sp³-hybridized carbons (Fsp3) is 0.368. The SMILES string of the molecule is CCC1c2ccsc2CCN1C(=O)CNC(=O)c1ccccc1OC. The van der Waals surface area contributed by atoms with Crippen molar-refractivity contribution in [1.82, 2.24) is 10.2 Å². The van der Waals surface area contributed by atoms with Gasteiger partial charge in [-0.15, -0.1) is 11.3 Å². The Kier molecular flexibility index (Phi) is 5.38. The number of hydrogen-bond donors (Lipinski definition) is 1. The van der Waals surface area contributed by atoms with Crippen LogP contribution in [-0.2, 0) is 11.2 Å². The summed E-state index contributed by atoms with van der Waals surface area (Å²) in [6.07, 6.45) is 1.76. The summed E-state index contributed by atoms with van der Waals surface area (Å²) in [6, 6.07) is 9.21. The van der Waals surface area contributed by atoms with E-state index in [2.05, 4.69) is 23.7 Å². The molecule has 1 atom stereocenters. The van der Waals surface area contributed by atoms with Crippen LogP contribution in [0, 0.1) is 0 Å². The summed E-state index contributed by atoms with van der Waals surface area (Å²) in [5, 5.41) is 4.81. The van der Waals surface area contributed by atoms with Crippen LogP contribution in [0.4, 0.5) is 0 Å². The first-order valence-corrected chi connectivity index (χ1v) is 9.30. The summed E-state index contributed by atoms with van der Waals surface area (Å²) in [5.74, 6) is 0.152. The largest absolute Gasteiger partial charge is 0.496 e. The lowest BCUT2D eigenvalue weighted by atomic mass is 9.98. The Labute approximate surface area is 151 Å². The number of amides is 2. The minimum Gasteiger partial charge on any atom is -0.496 e. The molecule has 0 saturated carbocycles. The molecule has 1 aliphatic rings.